The molecule has 0 aliphatic rings. The van der Waals surface area contributed by atoms with Gasteiger partial charge in [-0.1, -0.05) is 46.2 Å². The topological polar surface area (TPSA) is 171 Å². The molecule has 36 heavy (non-hydrogen) atoms. The molecule has 1 aromatic rings. The van der Waals surface area contributed by atoms with Gasteiger partial charge in [0.25, 0.3) is 0 Å². The van der Waals surface area contributed by atoms with E-state index in [4.69, 9.17) is 5.73 Å². The smallest absolute Gasteiger partial charge is 0.326 e. The third-order valence-corrected chi connectivity index (χ3v) is 6.68. The van der Waals surface area contributed by atoms with Crippen LogP contribution in [0.1, 0.15) is 46.1 Å². The van der Waals surface area contributed by atoms with Gasteiger partial charge in [0.1, 0.15) is 23.9 Å². The summed E-state index contributed by atoms with van der Waals surface area (Å²) >= 11 is 1.48. The highest BCUT2D eigenvalue weighted by atomic mass is 32.2. The van der Waals surface area contributed by atoms with Crippen molar-refractivity contribution in [2.75, 3.05) is 12.0 Å². The number of nitrogens with one attached hydrogen (secondary N) is 3. The second kappa shape index (κ2) is 15.4. The molecule has 11 heteroatoms. The van der Waals surface area contributed by atoms with Crippen LogP contribution in [0.25, 0.3) is 0 Å². The van der Waals surface area contributed by atoms with Crippen molar-refractivity contribution in [3.63, 3.8) is 0 Å². The number of carbonyl (C=O) groups is 4. The van der Waals surface area contributed by atoms with Crippen LogP contribution in [0, 0.1) is 11.8 Å². The van der Waals surface area contributed by atoms with Gasteiger partial charge in [-0.3, -0.25) is 14.4 Å². The molecule has 7 N–H and O–H groups in total. The SMILES string of the molecule is CCC(C)C(N)C(=O)NC(C(=O)NC(CCSC)C(=O)NC(Cc1ccc(O)cc1)C(=O)O)C(C)C. The van der Waals surface area contributed by atoms with Gasteiger partial charge in [-0.15, -0.1) is 0 Å². The molecule has 5 atom stereocenters. The average molecular weight is 525 g/mol. The Hall–Kier alpha value is -2.79. The molecule has 0 saturated heterocycles. The maximum atomic E-state index is 13.1. The first-order valence-electron chi connectivity index (χ1n) is 12.1. The quantitative estimate of drug-likeness (QED) is 0.199. The van der Waals surface area contributed by atoms with Crippen molar-refractivity contribution in [1.82, 2.24) is 16.0 Å². The van der Waals surface area contributed by atoms with Gasteiger partial charge in [0.05, 0.1) is 6.04 Å². The lowest BCUT2D eigenvalue weighted by Gasteiger charge is -2.28. The Kier molecular flexibility index (Phi) is 13.3. The van der Waals surface area contributed by atoms with Gasteiger partial charge in [0.2, 0.25) is 17.7 Å². The summed E-state index contributed by atoms with van der Waals surface area (Å²) in [5.41, 5.74) is 6.63. The summed E-state index contributed by atoms with van der Waals surface area (Å²) in [7, 11) is 0. The number of aromatic hydroxyl groups is 1. The fourth-order valence-electron chi connectivity index (χ4n) is 3.40. The Morgan fingerprint density at radius 1 is 0.944 bits per heavy atom. The highest BCUT2D eigenvalue weighted by molar-refractivity contribution is 7.98. The van der Waals surface area contributed by atoms with Gasteiger partial charge in [-0.2, -0.15) is 11.8 Å². The van der Waals surface area contributed by atoms with Crippen LogP contribution in [0.15, 0.2) is 24.3 Å². The predicted octanol–water partition coefficient (Wildman–Crippen LogP) is 1.26. The van der Waals surface area contributed by atoms with E-state index < -0.39 is 47.9 Å². The predicted molar refractivity (Wildman–Crippen MR) is 141 cm³/mol. The first kappa shape index (κ1) is 31.2. The van der Waals surface area contributed by atoms with E-state index in [0.717, 1.165) is 0 Å². The monoisotopic (exact) mass is 524 g/mol. The highest BCUT2D eigenvalue weighted by Gasteiger charge is 2.32. The average Bonchev–Trinajstić information content (AvgIpc) is 2.84. The molecule has 0 fully saturated rings. The molecule has 202 valence electrons. The third-order valence-electron chi connectivity index (χ3n) is 6.04. The van der Waals surface area contributed by atoms with Crippen LogP contribution in [-0.2, 0) is 25.6 Å². The number of phenols is 1. The van der Waals surface area contributed by atoms with E-state index >= 15 is 0 Å². The van der Waals surface area contributed by atoms with Gasteiger partial charge in [-0.05, 0) is 48.0 Å². The maximum Gasteiger partial charge on any atom is 0.326 e. The standard InChI is InChI=1S/C25H40N4O6S/c1-6-15(4)20(26)23(32)29-21(14(2)3)24(33)27-18(11-12-36-5)22(31)28-19(25(34)35)13-16-7-9-17(30)10-8-16/h7-10,14-15,18-21,30H,6,11-13,26H2,1-5H3,(H,27,33)(H,28,31)(H,29,32)(H,34,35). The lowest BCUT2D eigenvalue weighted by molar-refractivity contribution is -0.142. The number of hydrogen-bond donors (Lipinski definition) is 6. The molecular weight excluding hydrogens is 484 g/mol. The lowest BCUT2D eigenvalue weighted by atomic mass is 9.97. The minimum absolute atomic E-state index is 0.00270. The Balaban J connectivity index is 2.98. The Labute approximate surface area is 217 Å². The van der Waals surface area contributed by atoms with E-state index in [1.165, 1.54) is 23.9 Å². The second-order valence-electron chi connectivity index (χ2n) is 9.25. The summed E-state index contributed by atoms with van der Waals surface area (Å²) in [6.45, 7) is 7.32. The zero-order valence-electron chi connectivity index (χ0n) is 21.6. The third kappa shape index (κ3) is 10.1. The number of hydrogen-bond acceptors (Lipinski definition) is 7. The minimum atomic E-state index is -1.23. The summed E-state index contributed by atoms with van der Waals surface area (Å²) in [6, 6.07) is 2.11. The number of carboxylic acids is 1. The summed E-state index contributed by atoms with van der Waals surface area (Å²) < 4.78 is 0. The highest BCUT2D eigenvalue weighted by Crippen LogP contribution is 2.13. The van der Waals surface area contributed by atoms with Crippen molar-refractivity contribution in [1.29, 1.82) is 0 Å². The van der Waals surface area contributed by atoms with E-state index in [9.17, 15) is 29.4 Å². The van der Waals surface area contributed by atoms with Crippen molar-refractivity contribution in [3.8, 4) is 5.75 Å². The molecule has 0 saturated carbocycles. The summed E-state index contributed by atoms with van der Waals surface area (Å²) in [5, 5.41) is 27.0. The Morgan fingerprint density at radius 3 is 2.03 bits per heavy atom. The van der Waals surface area contributed by atoms with Gasteiger partial charge < -0.3 is 31.9 Å². The molecule has 0 radical (unpaired) electrons. The molecule has 1 aromatic carbocycles. The van der Waals surface area contributed by atoms with Crippen LogP contribution >= 0.6 is 11.8 Å². The first-order valence-corrected chi connectivity index (χ1v) is 13.5. The van der Waals surface area contributed by atoms with Crippen LogP contribution in [0.3, 0.4) is 0 Å². The Bertz CT molecular complexity index is 880. The second-order valence-corrected chi connectivity index (χ2v) is 10.2. The number of carboxylic acid groups (broad SMARTS) is 1. The molecule has 0 heterocycles. The number of nitrogens with two attached hydrogens (primary N) is 1. The van der Waals surface area contributed by atoms with Crippen LogP contribution in [-0.4, -0.2) is 70.1 Å². The van der Waals surface area contributed by atoms with Crippen molar-refractivity contribution < 1.29 is 29.4 Å². The van der Waals surface area contributed by atoms with Crippen molar-refractivity contribution in [2.45, 2.75) is 71.1 Å². The lowest BCUT2D eigenvalue weighted by Crippen LogP contribution is -2.59. The molecule has 3 amide bonds. The normalized spacial score (nSPS) is 15.3. The molecule has 0 aromatic heterocycles. The van der Waals surface area contributed by atoms with E-state index in [-0.39, 0.29) is 30.4 Å². The summed E-state index contributed by atoms with van der Waals surface area (Å²) in [6.07, 6.45) is 2.84. The number of rotatable bonds is 15. The van der Waals surface area contributed by atoms with Gasteiger partial charge >= 0.3 is 5.97 Å². The van der Waals surface area contributed by atoms with Crippen molar-refractivity contribution in [3.05, 3.63) is 29.8 Å². The number of benzene rings is 1. The van der Waals surface area contributed by atoms with Gasteiger partial charge in [-0.25, -0.2) is 4.79 Å². The zero-order valence-corrected chi connectivity index (χ0v) is 22.4. The fourth-order valence-corrected chi connectivity index (χ4v) is 3.87. The first-order chi connectivity index (χ1) is 16.9. The molecule has 0 spiro atoms. The Morgan fingerprint density at radius 2 is 1.53 bits per heavy atom. The van der Waals surface area contributed by atoms with Crippen molar-refractivity contribution in [2.24, 2.45) is 17.6 Å². The number of thioether (sulfide) groups is 1. The maximum absolute atomic E-state index is 13.1. The number of carbonyl (C=O) groups excluding carboxylic acids is 3. The van der Waals surface area contributed by atoms with E-state index in [2.05, 4.69) is 16.0 Å². The fraction of sp³-hybridized carbons (Fsp3) is 0.600. The van der Waals surface area contributed by atoms with E-state index in [1.54, 1.807) is 26.0 Å². The molecule has 0 aliphatic heterocycles. The van der Waals surface area contributed by atoms with Crippen LogP contribution in [0.5, 0.6) is 5.75 Å². The summed E-state index contributed by atoms with van der Waals surface area (Å²) in [4.78, 5) is 50.6. The number of amides is 3. The molecule has 0 aliphatic carbocycles. The van der Waals surface area contributed by atoms with Crippen LogP contribution in [0.4, 0.5) is 0 Å². The number of phenolic OH excluding ortho intramolecular Hbond substituents is 1. The zero-order chi connectivity index (χ0) is 27.4. The van der Waals surface area contributed by atoms with Crippen molar-refractivity contribution >= 4 is 35.5 Å². The molecule has 1 rings (SSSR count). The molecule has 10 nitrogen and oxygen atoms in total. The van der Waals surface area contributed by atoms with Gasteiger partial charge in [0, 0.05) is 6.42 Å². The largest absolute Gasteiger partial charge is 0.508 e. The van der Waals surface area contributed by atoms with E-state index in [1.807, 2.05) is 20.1 Å². The molecule has 0 bridgehead atoms. The molecular formula is C25H40N4O6S. The van der Waals surface area contributed by atoms with E-state index in [0.29, 0.717) is 17.7 Å². The number of aliphatic carboxylic acids is 1. The van der Waals surface area contributed by atoms with Gasteiger partial charge in [0.15, 0.2) is 0 Å². The van der Waals surface area contributed by atoms with Crippen LogP contribution < -0.4 is 21.7 Å². The van der Waals surface area contributed by atoms with Crippen LogP contribution in [0.2, 0.25) is 0 Å². The molecule has 5 unspecified atom stereocenters. The minimum Gasteiger partial charge on any atom is -0.508 e. The summed E-state index contributed by atoms with van der Waals surface area (Å²) in [5.74, 6) is -2.58.